The van der Waals surface area contributed by atoms with E-state index in [9.17, 15) is 19.3 Å². The Balaban J connectivity index is 1.81. The normalized spacial score (nSPS) is 15.1. The molecule has 8 nitrogen and oxygen atoms in total. The van der Waals surface area contributed by atoms with E-state index >= 15 is 0 Å². The Morgan fingerprint density at radius 3 is 2.81 bits per heavy atom. The number of halogens is 1. The van der Waals surface area contributed by atoms with E-state index in [0.717, 1.165) is 12.1 Å². The van der Waals surface area contributed by atoms with Crippen molar-refractivity contribution in [3.8, 4) is 0 Å². The number of nitrogens with zero attached hydrogens (tertiary/aromatic N) is 3. The molecule has 1 saturated heterocycles. The van der Waals surface area contributed by atoms with Crippen LogP contribution in [-0.2, 0) is 4.74 Å². The number of ether oxygens (including phenoxy) is 1. The summed E-state index contributed by atoms with van der Waals surface area (Å²) >= 11 is 0. The number of anilines is 1. The number of benzene rings is 1. The first-order valence-electron chi connectivity index (χ1n) is 8.41. The van der Waals surface area contributed by atoms with Crippen LogP contribution in [0.2, 0.25) is 0 Å². The number of piperidine rings is 1. The highest BCUT2D eigenvalue weighted by Gasteiger charge is 2.25. The number of rotatable bonds is 4. The smallest absolute Gasteiger partial charge is 0.409 e. The average Bonchev–Trinajstić information content (AvgIpc) is 2.63. The predicted molar refractivity (Wildman–Crippen MR) is 93.6 cm³/mol. The van der Waals surface area contributed by atoms with Crippen LogP contribution >= 0.6 is 0 Å². The molecule has 1 fully saturated rings. The molecule has 2 aromatic rings. The molecule has 26 heavy (non-hydrogen) atoms. The van der Waals surface area contributed by atoms with E-state index in [-0.39, 0.29) is 34.4 Å². The van der Waals surface area contributed by atoms with Gasteiger partial charge in [0.05, 0.1) is 11.5 Å². The van der Waals surface area contributed by atoms with Crippen LogP contribution in [0.4, 0.5) is 20.7 Å². The van der Waals surface area contributed by atoms with Crippen molar-refractivity contribution in [2.24, 2.45) is 0 Å². The molecule has 9 heteroatoms. The van der Waals surface area contributed by atoms with Crippen molar-refractivity contribution in [2.45, 2.75) is 25.8 Å². The third kappa shape index (κ3) is 3.51. The summed E-state index contributed by atoms with van der Waals surface area (Å²) in [5.41, 5.74) is -0.194. The fraction of sp³-hybridized carbons (Fsp3) is 0.412. The van der Waals surface area contributed by atoms with Crippen molar-refractivity contribution < 1.29 is 18.8 Å². The van der Waals surface area contributed by atoms with Crippen LogP contribution in [-0.4, -0.2) is 46.6 Å². The van der Waals surface area contributed by atoms with E-state index in [2.05, 4.69) is 10.3 Å². The monoisotopic (exact) mass is 362 g/mol. The molecular formula is C17H19FN4O4. The van der Waals surface area contributed by atoms with E-state index in [1.165, 1.54) is 12.3 Å². The average molecular weight is 362 g/mol. The second-order valence-electron chi connectivity index (χ2n) is 6.01. The van der Waals surface area contributed by atoms with Crippen molar-refractivity contribution in [2.75, 3.05) is 25.0 Å². The largest absolute Gasteiger partial charge is 0.450 e. The number of nitrogens with one attached hydrogen (secondary N) is 1. The van der Waals surface area contributed by atoms with E-state index < -0.39 is 10.7 Å². The Morgan fingerprint density at radius 2 is 2.15 bits per heavy atom. The van der Waals surface area contributed by atoms with Gasteiger partial charge in [0, 0.05) is 36.8 Å². The number of pyridine rings is 1. The van der Waals surface area contributed by atoms with Crippen LogP contribution in [0, 0.1) is 15.9 Å². The highest BCUT2D eigenvalue weighted by molar-refractivity contribution is 5.99. The van der Waals surface area contributed by atoms with Gasteiger partial charge < -0.3 is 15.0 Å². The maximum Gasteiger partial charge on any atom is 0.409 e. The summed E-state index contributed by atoms with van der Waals surface area (Å²) in [6.07, 6.45) is 2.36. The third-order valence-electron chi connectivity index (χ3n) is 4.41. The van der Waals surface area contributed by atoms with Crippen LogP contribution < -0.4 is 5.32 Å². The minimum atomic E-state index is -0.544. The summed E-state index contributed by atoms with van der Waals surface area (Å²) < 4.78 is 19.1. The Labute approximate surface area is 149 Å². The van der Waals surface area contributed by atoms with Gasteiger partial charge in [-0.2, -0.15) is 0 Å². The molecule has 0 spiro atoms. The first-order valence-corrected chi connectivity index (χ1v) is 8.41. The van der Waals surface area contributed by atoms with Gasteiger partial charge in [-0.3, -0.25) is 10.1 Å². The lowest BCUT2D eigenvalue weighted by Gasteiger charge is -2.32. The topological polar surface area (TPSA) is 97.6 Å². The minimum absolute atomic E-state index is 0.0263. The van der Waals surface area contributed by atoms with Gasteiger partial charge in [0.25, 0.3) is 5.69 Å². The summed E-state index contributed by atoms with van der Waals surface area (Å²) in [7, 11) is 0. The van der Waals surface area contributed by atoms with Crippen molar-refractivity contribution in [1.29, 1.82) is 0 Å². The number of likely N-dealkylation sites (tertiary alicyclic amines) is 1. The number of nitro groups is 1. The van der Waals surface area contributed by atoms with Crippen LogP contribution in [0.25, 0.3) is 10.8 Å². The van der Waals surface area contributed by atoms with Gasteiger partial charge in [0.2, 0.25) is 0 Å². The lowest BCUT2D eigenvalue weighted by atomic mass is 10.0. The molecule has 1 N–H and O–H groups in total. The summed E-state index contributed by atoms with van der Waals surface area (Å²) in [4.78, 5) is 28.3. The molecule has 0 atom stereocenters. The van der Waals surface area contributed by atoms with Crippen LogP contribution in [0.15, 0.2) is 24.4 Å². The zero-order chi connectivity index (χ0) is 18.7. The van der Waals surface area contributed by atoms with E-state index in [0.29, 0.717) is 32.5 Å². The standard InChI is InChI=1S/C17H19FN4O4/c1-2-26-17(23)21-9-6-11(7-10-21)20-16-15-12(5-8-19-16)13(18)3-4-14(15)22(24)25/h3-5,8,11H,2,6-7,9-10H2,1H3,(H,19,20). The van der Waals surface area contributed by atoms with Gasteiger partial charge in [0.1, 0.15) is 17.0 Å². The number of nitro benzene ring substituents is 1. The number of fused-ring (bicyclic) bond motifs is 1. The molecule has 0 unspecified atom stereocenters. The molecule has 0 bridgehead atoms. The Kier molecular flexibility index (Phi) is 5.15. The second kappa shape index (κ2) is 7.51. The molecule has 3 rings (SSSR count). The van der Waals surface area contributed by atoms with E-state index in [4.69, 9.17) is 4.74 Å². The Bertz CT molecular complexity index is 837. The molecule has 1 aliphatic rings. The van der Waals surface area contributed by atoms with Gasteiger partial charge in [-0.15, -0.1) is 0 Å². The maximum atomic E-state index is 14.1. The van der Waals surface area contributed by atoms with Crippen molar-refractivity contribution in [3.05, 3.63) is 40.3 Å². The molecule has 1 aromatic carbocycles. The zero-order valence-corrected chi connectivity index (χ0v) is 14.3. The molecule has 0 aliphatic carbocycles. The minimum Gasteiger partial charge on any atom is -0.450 e. The molecule has 0 saturated carbocycles. The Hall–Kier alpha value is -2.97. The van der Waals surface area contributed by atoms with Gasteiger partial charge >= 0.3 is 6.09 Å². The third-order valence-corrected chi connectivity index (χ3v) is 4.41. The molecule has 1 amide bonds. The number of hydrogen-bond acceptors (Lipinski definition) is 6. The first kappa shape index (κ1) is 17.8. The summed E-state index contributed by atoms with van der Waals surface area (Å²) in [6, 6.07) is 3.63. The van der Waals surface area contributed by atoms with Crippen molar-refractivity contribution in [3.63, 3.8) is 0 Å². The fourth-order valence-corrected chi connectivity index (χ4v) is 3.12. The highest BCUT2D eigenvalue weighted by atomic mass is 19.1. The number of carbonyl (C=O) groups excluding carboxylic acids is 1. The number of non-ortho nitro benzene ring substituents is 1. The van der Waals surface area contributed by atoms with Gasteiger partial charge in [0.15, 0.2) is 0 Å². The maximum absolute atomic E-state index is 14.1. The molecular weight excluding hydrogens is 343 g/mol. The molecule has 1 aliphatic heterocycles. The van der Waals surface area contributed by atoms with Crippen molar-refractivity contribution in [1.82, 2.24) is 9.88 Å². The lowest BCUT2D eigenvalue weighted by Crippen LogP contribution is -2.42. The fourth-order valence-electron chi connectivity index (χ4n) is 3.12. The Morgan fingerprint density at radius 1 is 1.42 bits per heavy atom. The van der Waals surface area contributed by atoms with Gasteiger partial charge in [-0.05, 0) is 31.9 Å². The number of carbonyl (C=O) groups is 1. The highest BCUT2D eigenvalue weighted by Crippen LogP contribution is 2.33. The first-order chi connectivity index (χ1) is 12.5. The molecule has 138 valence electrons. The van der Waals surface area contributed by atoms with E-state index in [1.807, 2.05) is 0 Å². The quantitative estimate of drug-likeness (QED) is 0.662. The van der Waals surface area contributed by atoms with E-state index in [1.54, 1.807) is 11.8 Å². The lowest BCUT2D eigenvalue weighted by molar-refractivity contribution is -0.383. The van der Waals surface area contributed by atoms with Crippen LogP contribution in [0.3, 0.4) is 0 Å². The number of hydrogen-bond donors (Lipinski definition) is 1. The number of amides is 1. The van der Waals surface area contributed by atoms with Gasteiger partial charge in [-0.1, -0.05) is 0 Å². The van der Waals surface area contributed by atoms with Crippen molar-refractivity contribution >= 4 is 28.4 Å². The molecule has 0 radical (unpaired) electrons. The summed E-state index contributed by atoms with van der Waals surface area (Å²) in [5, 5.41) is 14.8. The van der Waals surface area contributed by atoms with Crippen LogP contribution in [0.5, 0.6) is 0 Å². The summed E-state index contributed by atoms with van der Waals surface area (Å²) in [5.74, 6) is -0.253. The number of aromatic nitrogens is 1. The second-order valence-corrected chi connectivity index (χ2v) is 6.01. The molecule has 1 aromatic heterocycles. The SMILES string of the molecule is CCOC(=O)N1CCC(Nc2nccc3c(F)ccc([N+](=O)[O-])c23)CC1. The summed E-state index contributed by atoms with van der Waals surface area (Å²) in [6.45, 7) is 3.10. The van der Waals surface area contributed by atoms with Crippen LogP contribution in [0.1, 0.15) is 19.8 Å². The zero-order valence-electron chi connectivity index (χ0n) is 14.3. The molecule has 2 heterocycles. The van der Waals surface area contributed by atoms with Gasteiger partial charge in [-0.25, -0.2) is 14.2 Å². The predicted octanol–water partition coefficient (Wildman–Crippen LogP) is 3.31.